The molecule has 0 heterocycles. The molecule has 0 atom stereocenters. The van der Waals surface area contributed by atoms with E-state index >= 15 is 0 Å². The van der Waals surface area contributed by atoms with E-state index in [0.29, 0.717) is 5.41 Å². The van der Waals surface area contributed by atoms with Crippen molar-refractivity contribution in [1.82, 2.24) is 4.90 Å². The molecule has 0 aromatic rings. The van der Waals surface area contributed by atoms with E-state index in [2.05, 4.69) is 25.7 Å². The lowest BCUT2D eigenvalue weighted by Gasteiger charge is -2.26. The monoisotopic (exact) mass is 212 g/mol. The van der Waals surface area contributed by atoms with Crippen LogP contribution in [-0.4, -0.2) is 30.6 Å². The maximum absolute atomic E-state index is 5.74. The number of nitrogens with two attached hydrogens (primary N) is 1. The first-order valence-corrected chi connectivity index (χ1v) is 6.53. The average Bonchev–Trinajstić information content (AvgIpc) is 3.00. The van der Waals surface area contributed by atoms with Crippen LogP contribution in [0.1, 0.15) is 52.9 Å². The van der Waals surface area contributed by atoms with Gasteiger partial charge in [0.1, 0.15) is 0 Å². The Balaban J connectivity index is 2.16. The molecular weight excluding hydrogens is 184 g/mol. The summed E-state index contributed by atoms with van der Waals surface area (Å²) in [6.45, 7) is 10.2. The minimum absolute atomic E-state index is 0.335. The summed E-state index contributed by atoms with van der Waals surface area (Å²) in [5, 5.41) is 0. The van der Waals surface area contributed by atoms with Crippen molar-refractivity contribution >= 4 is 0 Å². The van der Waals surface area contributed by atoms with Crippen LogP contribution in [0.3, 0.4) is 0 Å². The maximum Gasteiger partial charge on any atom is 0.00964 e. The summed E-state index contributed by atoms with van der Waals surface area (Å²) in [5.74, 6) is 0. The van der Waals surface area contributed by atoms with Crippen LogP contribution in [0, 0.1) is 5.41 Å². The lowest BCUT2D eigenvalue weighted by atomic mass is 9.88. The molecule has 15 heavy (non-hydrogen) atoms. The Morgan fingerprint density at radius 3 is 2.40 bits per heavy atom. The molecule has 0 radical (unpaired) electrons. The van der Waals surface area contributed by atoms with E-state index in [1.54, 1.807) is 0 Å². The summed E-state index contributed by atoms with van der Waals surface area (Å²) in [7, 11) is 0. The third-order valence-corrected chi connectivity index (χ3v) is 3.43. The standard InChI is InChI=1S/C13H28N2/c1-4-9-15(12-6-7-12)10-5-8-13(2,3)11-14/h12H,4-11,14H2,1-3H3. The molecule has 2 nitrogen and oxygen atoms in total. The van der Waals surface area contributed by atoms with Gasteiger partial charge in [-0.2, -0.15) is 0 Å². The number of nitrogens with zero attached hydrogens (tertiary/aromatic N) is 1. The van der Waals surface area contributed by atoms with E-state index < -0.39 is 0 Å². The quantitative estimate of drug-likeness (QED) is 0.670. The lowest BCUT2D eigenvalue weighted by Crippen LogP contribution is -2.30. The molecule has 1 aliphatic carbocycles. The van der Waals surface area contributed by atoms with Crippen molar-refractivity contribution in [3.05, 3.63) is 0 Å². The van der Waals surface area contributed by atoms with Gasteiger partial charge in [0.2, 0.25) is 0 Å². The summed E-state index contributed by atoms with van der Waals surface area (Å²) in [6, 6.07) is 0.922. The molecule has 0 unspecified atom stereocenters. The molecule has 1 saturated carbocycles. The first-order chi connectivity index (χ1) is 7.09. The Morgan fingerprint density at radius 2 is 1.93 bits per heavy atom. The van der Waals surface area contributed by atoms with Gasteiger partial charge in [-0.25, -0.2) is 0 Å². The third kappa shape index (κ3) is 4.98. The first-order valence-electron chi connectivity index (χ1n) is 6.53. The minimum Gasteiger partial charge on any atom is -0.330 e. The van der Waals surface area contributed by atoms with Gasteiger partial charge in [-0.05, 0) is 57.2 Å². The van der Waals surface area contributed by atoms with Crippen molar-refractivity contribution in [2.24, 2.45) is 11.1 Å². The molecule has 2 N–H and O–H groups in total. The van der Waals surface area contributed by atoms with Crippen LogP contribution < -0.4 is 5.73 Å². The fourth-order valence-electron chi connectivity index (χ4n) is 2.07. The van der Waals surface area contributed by atoms with E-state index in [0.717, 1.165) is 12.6 Å². The van der Waals surface area contributed by atoms with E-state index in [4.69, 9.17) is 5.73 Å². The molecule has 90 valence electrons. The van der Waals surface area contributed by atoms with Crippen molar-refractivity contribution in [1.29, 1.82) is 0 Å². The molecular formula is C13H28N2. The highest BCUT2D eigenvalue weighted by molar-refractivity contribution is 4.84. The Labute approximate surface area is 95.2 Å². The minimum atomic E-state index is 0.335. The number of rotatable bonds is 8. The highest BCUT2D eigenvalue weighted by Crippen LogP contribution is 2.28. The van der Waals surface area contributed by atoms with Crippen LogP contribution in [0.25, 0.3) is 0 Å². The molecule has 2 heteroatoms. The summed E-state index contributed by atoms with van der Waals surface area (Å²) in [6.07, 6.45) is 6.72. The third-order valence-electron chi connectivity index (χ3n) is 3.43. The van der Waals surface area contributed by atoms with Gasteiger partial charge < -0.3 is 10.6 Å². The average molecular weight is 212 g/mol. The molecule has 0 aromatic heterocycles. The van der Waals surface area contributed by atoms with Crippen LogP contribution in [0.5, 0.6) is 0 Å². The van der Waals surface area contributed by atoms with E-state index in [9.17, 15) is 0 Å². The number of hydrogen-bond donors (Lipinski definition) is 1. The topological polar surface area (TPSA) is 29.3 Å². The zero-order valence-corrected chi connectivity index (χ0v) is 10.8. The zero-order chi connectivity index (χ0) is 11.3. The van der Waals surface area contributed by atoms with Crippen molar-refractivity contribution in [2.45, 2.75) is 58.9 Å². The van der Waals surface area contributed by atoms with Gasteiger partial charge in [0.25, 0.3) is 0 Å². The summed E-state index contributed by atoms with van der Waals surface area (Å²) < 4.78 is 0. The highest BCUT2D eigenvalue weighted by Gasteiger charge is 2.28. The molecule has 0 spiro atoms. The van der Waals surface area contributed by atoms with Gasteiger partial charge in [-0.15, -0.1) is 0 Å². The Kier molecular flexibility index (Phi) is 5.07. The van der Waals surface area contributed by atoms with Gasteiger partial charge >= 0.3 is 0 Å². The van der Waals surface area contributed by atoms with Crippen LogP contribution in [0.4, 0.5) is 0 Å². The lowest BCUT2D eigenvalue weighted by molar-refractivity contribution is 0.235. The second-order valence-electron chi connectivity index (χ2n) is 5.74. The smallest absolute Gasteiger partial charge is 0.00964 e. The zero-order valence-electron chi connectivity index (χ0n) is 10.8. The second-order valence-corrected chi connectivity index (χ2v) is 5.74. The summed E-state index contributed by atoms with van der Waals surface area (Å²) in [4.78, 5) is 2.67. The van der Waals surface area contributed by atoms with Crippen LogP contribution in [-0.2, 0) is 0 Å². The van der Waals surface area contributed by atoms with Gasteiger partial charge in [-0.1, -0.05) is 20.8 Å². The van der Waals surface area contributed by atoms with Gasteiger partial charge in [0.15, 0.2) is 0 Å². The molecule has 1 fully saturated rings. The fourth-order valence-corrected chi connectivity index (χ4v) is 2.07. The predicted octanol–water partition coefficient (Wildman–Crippen LogP) is 2.63. The van der Waals surface area contributed by atoms with E-state index in [1.165, 1.54) is 45.2 Å². The van der Waals surface area contributed by atoms with E-state index in [1.807, 2.05) is 0 Å². The Hall–Kier alpha value is -0.0800. The van der Waals surface area contributed by atoms with Crippen LogP contribution in [0.15, 0.2) is 0 Å². The highest BCUT2D eigenvalue weighted by atomic mass is 15.2. The molecule has 0 saturated heterocycles. The fraction of sp³-hybridized carbons (Fsp3) is 1.00. The Bertz CT molecular complexity index is 173. The largest absolute Gasteiger partial charge is 0.330 e. The second kappa shape index (κ2) is 5.86. The SMILES string of the molecule is CCCN(CCCC(C)(C)CN)C1CC1. The molecule has 0 aromatic carbocycles. The molecule has 0 aliphatic heterocycles. The normalized spacial score (nSPS) is 17.4. The van der Waals surface area contributed by atoms with Crippen molar-refractivity contribution in [3.63, 3.8) is 0 Å². The first kappa shape index (κ1) is 13.0. The predicted molar refractivity (Wildman–Crippen MR) is 67.0 cm³/mol. The van der Waals surface area contributed by atoms with Crippen LogP contribution >= 0.6 is 0 Å². The van der Waals surface area contributed by atoms with Gasteiger partial charge in [0, 0.05) is 6.04 Å². The molecule has 0 bridgehead atoms. The van der Waals surface area contributed by atoms with Crippen molar-refractivity contribution in [2.75, 3.05) is 19.6 Å². The Morgan fingerprint density at radius 1 is 1.27 bits per heavy atom. The molecule has 1 aliphatic rings. The van der Waals surface area contributed by atoms with Crippen molar-refractivity contribution < 1.29 is 0 Å². The summed E-state index contributed by atoms with van der Waals surface area (Å²) in [5.41, 5.74) is 6.08. The molecule has 1 rings (SSSR count). The summed E-state index contributed by atoms with van der Waals surface area (Å²) >= 11 is 0. The number of hydrogen-bond acceptors (Lipinski definition) is 2. The van der Waals surface area contributed by atoms with Gasteiger partial charge in [0.05, 0.1) is 0 Å². The van der Waals surface area contributed by atoms with Gasteiger partial charge in [-0.3, -0.25) is 0 Å². The maximum atomic E-state index is 5.74. The van der Waals surface area contributed by atoms with Crippen LogP contribution in [0.2, 0.25) is 0 Å². The van der Waals surface area contributed by atoms with Crippen molar-refractivity contribution in [3.8, 4) is 0 Å². The van der Waals surface area contributed by atoms with E-state index in [-0.39, 0.29) is 0 Å². The molecule has 0 amide bonds.